The van der Waals surface area contributed by atoms with Crippen LogP contribution in [-0.2, 0) is 18.4 Å². The lowest BCUT2D eigenvalue weighted by molar-refractivity contribution is -0.124. The molecule has 0 radical (unpaired) electrons. The third kappa shape index (κ3) is 5.87. The second-order valence-electron chi connectivity index (χ2n) is 10.7. The van der Waals surface area contributed by atoms with Crippen LogP contribution in [0.3, 0.4) is 0 Å². The molecule has 1 aliphatic heterocycles. The van der Waals surface area contributed by atoms with Crippen LogP contribution in [0.5, 0.6) is 0 Å². The number of rotatable bonds is 6. The summed E-state index contributed by atoms with van der Waals surface area (Å²) in [6.45, 7) is 22.9. The Morgan fingerprint density at radius 3 is 1.81 bits per heavy atom. The monoisotopic (exact) mass is 419 g/mol. The van der Waals surface area contributed by atoms with E-state index in [1.165, 1.54) is 6.92 Å². The Kier molecular flexibility index (Phi) is 7.56. The van der Waals surface area contributed by atoms with Crippen molar-refractivity contribution in [1.82, 2.24) is 5.32 Å². The van der Waals surface area contributed by atoms with Crippen molar-refractivity contribution in [3.63, 3.8) is 0 Å². The van der Waals surface area contributed by atoms with Crippen LogP contribution in [0.4, 0.5) is 0 Å². The molecule has 1 rings (SSSR count). The molecule has 1 fully saturated rings. The predicted octanol–water partition coefficient (Wildman–Crippen LogP) is 3.62. The van der Waals surface area contributed by atoms with E-state index in [4.69, 9.17) is 13.6 Å². The van der Waals surface area contributed by atoms with Gasteiger partial charge < -0.3 is 24.0 Å². The number of ether oxygens (including phenoxy) is 1. The van der Waals surface area contributed by atoms with Gasteiger partial charge in [0.25, 0.3) is 0 Å². The van der Waals surface area contributed by atoms with Crippen LogP contribution < -0.4 is 5.32 Å². The van der Waals surface area contributed by atoms with Crippen LogP contribution in [0.25, 0.3) is 0 Å². The fourth-order valence-corrected chi connectivity index (χ4v) is 4.96. The molecule has 2 N–H and O–H groups in total. The van der Waals surface area contributed by atoms with Crippen molar-refractivity contribution in [3.8, 4) is 0 Å². The molecule has 0 spiro atoms. The van der Waals surface area contributed by atoms with Crippen LogP contribution in [0, 0.1) is 0 Å². The maximum absolute atomic E-state index is 11.9. The summed E-state index contributed by atoms with van der Waals surface area (Å²) in [5, 5.41) is 12.9. The van der Waals surface area contributed by atoms with E-state index < -0.39 is 41.2 Å². The van der Waals surface area contributed by atoms with Crippen LogP contribution in [0.1, 0.15) is 48.5 Å². The van der Waals surface area contributed by atoms with Crippen LogP contribution in [-0.4, -0.2) is 58.8 Å². The summed E-state index contributed by atoms with van der Waals surface area (Å²) in [6, 6.07) is -0.442. The Bertz CT molecular complexity index is 525. The fraction of sp³-hybridized carbons (Fsp3) is 0.947. The molecule has 0 aromatic heterocycles. The molecule has 4 atom stereocenters. The highest BCUT2D eigenvalue weighted by atomic mass is 28.4. The highest BCUT2D eigenvalue weighted by molar-refractivity contribution is 6.74. The van der Waals surface area contributed by atoms with E-state index >= 15 is 0 Å². The van der Waals surface area contributed by atoms with Crippen molar-refractivity contribution in [2.45, 2.75) is 109 Å². The zero-order chi connectivity index (χ0) is 21.4. The third-order valence-corrected chi connectivity index (χ3v) is 15.2. The summed E-state index contributed by atoms with van der Waals surface area (Å²) in [6.07, 6.45) is -1.58. The number of carbonyl (C=O) groups is 1. The van der Waals surface area contributed by atoms with Crippen molar-refractivity contribution in [1.29, 1.82) is 0 Å². The summed E-state index contributed by atoms with van der Waals surface area (Å²) < 4.78 is 19.1. The second-order valence-corrected chi connectivity index (χ2v) is 20.2. The minimum absolute atomic E-state index is 0.00419. The summed E-state index contributed by atoms with van der Waals surface area (Å²) in [7, 11) is -4.26. The van der Waals surface area contributed by atoms with E-state index in [0.29, 0.717) is 0 Å². The van der Waals surface area contributed by atoms with Gasteiger partial charge in [-0.15, -0.1) is 0 Å². The summed E-state index contributed by atoms with van der Waals surface area (Å²) >= 11 is 0. The molecular formula is C19H41NO5Si2. The molecular weight excluding hydrogens is 378 g/mol. The molecule has 27 heavy (non-hydrogen) atoms. The van der Waals surface area contributed by atoms with E-state index in [2.05, 4.69) is 73.0 Å². The lowest BCUT2D eigenvalue weighted by Gasteiger charge is -2.41. The van der Waals surface area contributed by atoms with Gasteiger partial charge in [-0.3, -0.25) is 4.79 Å². The Hall–Kier alpha value is -0.256. The van der Waals surface area contributed by atoms with Gasteiger partial charge in [-0.25, -0.2) is 0 Å². The fourth-order valence-electron chi connectivity index (χ4n) is 2.49. The number of hydrogen-bond donors (Lipinski definition) is 2. The molecule has 0 aliphatic carbocycles. The first-order valence-electron chi connectivity index (χ1n) is 9.82. The molecule has 160 valence electrons. The first-order valence-corrected chi connectivity index (χ1v) is 15.6. The van der Waals surface area contributed by atoms with Gasteiger partial charge in [-0.05, 0) is 36.3 Å². The molecule has 1 unspecified atom stereocenters. The van der Waals surface area contributed by atoms with E-state index in [1.54, 1.807) is 0 Å². The van der Waals surface area contributed by atoms with Crippen molar-refractivity contribution in [2.75, 3.05) is 6.61 Å². The quantitative estimate of drug-likeness (QED) is 0.643. The van der Waals surface area contributed by atoms with E-state index in [0.717, 1.165) is 0 Å². The first-order chi connectivity index (χ1) is 11.9. The van der Waals surface area contributed by atoms with Gasteiger partial charge in [0, 0.05) is 6.92 Å². The van der Waals surface area contributed by atoms with Gasteiger partial charge in [0.15, 0.2) is 22.9 Å². The van der Waals surface area contributed by atoms with E-state index in [1.807, 2.05) is 0 Å². The SMILES string of the molecule is CC(=O)N[C@H]1C(O[Si](C)(C)C(C)(C)C)[C@@H](CO)O[C@H]1O[Si](C)(C)C(C)(C)C. The molecule has 0 bridgehead atoms. The molecule has 1 amide bonds. The van der Waals surface area contributed by atoms with Crippen molar-refractivity contribution >= 4 is 22.5 Å². The maximum atomic E-state index is 11.9. The lowest BCUT2D eigenvalue weighted by Crippen LogP contribution is -2.56. The van der Waals surface area contributed by atoms with Crippen molar-refractivity contribution in [3.05, 3.63) is 0 Å². The molecule has 8 heteroatoms. The standard InChI is InChI=1S/C19H41NO5Si2/c1-13(22)20-15-16(24-26(8,9)18(2,3)4)14(12-21)23-17(15)25-27(10,11)19(5,6)7/h14-17,21H,12H2,1-11H3,(H,20,22)/t14-,15+,16?,17+/m1/s1. The topological polar surface area (TPSA) is 77.0 Å². The first kappa shape index (κ1) is 24.8. The van der Waals surface area contributed by atoms with Crippen LogP contribution >= 0.6 is 0 Å². The van der Waals surface area contributed by atoms with Crippen molar-refractivity contribution in [2.24, 2.45) is 0 Å². The smallest absolute Gasteiger partial charge is 0.217 e. The molecule has 1 aliphatic rings. The second kappa shape index (κ2) is 8.24. The van der Waals surface area contributed by atoms with Gasteiger partial charge in [0.1, 0.15) is 12.1 Å². The number of hydrogen-bond acceptors (Lipinski definition) is 5. The molecule has 6 nitrogen and oxygen atoms in total. The number of amides is 1. The summed E-state index contributed by atoms with van der Waals surface area (Å²) in [5.74, 6) is -0.158. The maximum Gasteiger partial charge on any atom is 0.217 e. The van der Waals surface area contributed by atoms with Gasteiger partial charge >= 0.3 is 0 Å². The number of nitrogens with one attached hydrogen (secondary N) is 1. The Morgan fingerprint density at radius 1 is 1.00 bits per heavy atom. The van der Waals surface area contributed by atoms with Crippen molar-refractivity contribution < 1.29 is 23.5 Å². The molecule has 0 aromatic rings. The highest BCUT2D eigenvalue weighted by Crippen LogP contribution is 2.42. The van der Waals surface area contributed by atoms with Gasteiger partial charge in [0.2, 0.25) is 5.91 Å². The number of aliphatic hydroxyl groups excluding tert-OH is 1. The number of aliphatic hydroxyl groups is 1. The average Bonchev–Trinajstić information content (AvgIpc) is 2.72. The number of carbonyl (C=O) groups excluding carboxylic acids is 1. The Labute approximate surface area is 167 Å². The Morgan fingerprint density at radius 2 is 1.44 bits per heavy atom. The van der Waals surface area contributed by atoms with Crippen LogP contribution in [0.2, 0.25) is 36.3 Å². The van der Waals surface area contributed by atoms with Gasteiger partial charge in [0.05, 0.1) is 12.7 Å². The lowest BCUT2D eigenvalue weighted by atomic mass is 10.1. The summed E-state index contributed by atoms with van der Waals surface area (Å²) in [5.41, 5.74) is 0. The Balaban J connectivity index is 3.19. The minimum atomic E-state index is -2.13. The predicted molar refractivity (Wildman–Crippen MR) is 114 cm³/mol. The summed E-state index contributed by atoms with van der Waals surface area (Å²) in [4.78, 5) is 11.9. The largest absolute Gasteiger partial charge is 0.409 e. The average molecular weight is 420 g/mol. The normalized spacial score (nSPS) is 27.7. The zero-order valence-corrected chi connectivity index (χ0v) is 21.1. The van der Waals surface area contributed by atoms with Gasteiger partial charge in [-0.1, -0.05) is 41.5 Å². The highest BCUT2D eigenvalue weighted by Gasteiger charge is 2.53. The minimum Gasteiger partial charge on any atom is -0.409 e. The van der Waals surface area contributed by atoms with Crippen LogP contribution in [0.15, 0.2) is 0 Å². The third-order valence-electron chi connectivity index (χ3n) is 6.33. The zero-order valence-electron chi connectivity index (χ0n) is 19.1. The molecule has 1 saturated heterocycles. The molecule has 1 heterocycles. The molecule has 0 saturated carbocycles. The van der Waals surface area contributed by atoms with E-state index in [9.17, 15) is 9.90 Å². The van der Waals surface area contributed by atoms with E-state index in [-0.39, 0.29) is 22.6 Å². The molecule has 0 aromatic carbocycles. The van der Waals surface area contributed by atoms with Gasteiger partial charge in [-0.2, -0.15) is 0 Å².